The fourth-order valence-electron chi connectivity index (χ4n) is 2.17. The van der Waals surface area contributed by atoms with Crippen LogP contribution in [-0.2, 0) is 16.0 Å². The van der Waals surface area contributed by atoms with Crippen molar-refractivity contribution in [3.63, 3.8) is 0 Å². The highest BCUT2D eigenvalue weighted by molar-refractivity contribution is 7.10. The maximum atomic E-state index is 12.4. The Hall–Kier alpha value is -3.05. The summed E-state index contributed by atoms with van der Waals surface area (Å²) < 4.78 is 15.5. The van der Waals surface area contributed by atoms with E-state index in [1.165, 1.54) is 44.6 Å². The first kappa shape index (κ1) is 19.3. The molecule has 1 unspecified atom stereocenters. The Morgan fingerprint density at radius 3 is 2.54 bits per heavy atom. The predicted molar refractivity (Wildman–Crippen MR) is 96.7 cm³/mol. The Labute approximate surface area is 155 Å². The van der Waals surface area contributed by atoms with Crippen LogP contribution < -0.4 is 14.8 Å². The van der Waals surface area contributed by atoms with Crippen molar-refractivity contribution in [1.29, 1.82) is 5.26 Å². The number of nitrogens with zero attached hydrogens (tertiary/aromatic N) is 1. The minimum atomic E-state index is -0.926. The van der Waals surface area contributed by atoms with Crippen LogP contribution in [0, 0.1) is 11.3 Å². The first-order valence-corrected chi connectivity index (χ1v) is 8.55. The van der Waals surface area contributed by atoms with Crippen LogP contribution >= 0.6 is 11.3 Å². The first-order chi connectivity index (χ1) is 12.5. The van der Waals surface area contributed by atoms with Gasteiger partial charge in [-0.2, -0.15) is 5.26 Å². The summed E-state index contributed by atoms with van der Waals surface area (Å²) in [4.78, 5) is 25.6. The number of anilines is 1. The lowest BCUT2D eigenvalue weighted by atomic mass is 10.1. The molecule has 0 fully saturated rings. The van der Waals surface area contributed by atoms with Crippen molar-refractivity contribution >= 4 is 28.9 Å². The standard InChI is InChI=1S/C18H18N2O5S/c1-11(10-19)25-18(22)13-8-15(23-2)16(24-3)9-14(13)20-17(21)7-12-5-4-6-26-12/h4-6,8-9,11H,7H2,1-3H3,(H,20,21). The molecule has 0 radical (unpaired) electrons. The molecule has 26 heavy (non-hydrogen) atoms. The fraction of sp³-hybridized carbons (Fsp3) is 0.278. The van der Waals surface area contributed by atoms with E-state index in [4.69, 9.17) is 19.5 Å². The molecule has 1 atom stereocenters. The summed E-state index contributed by atoms with van der Waals surface area (Å²) in [5, 5.41) is 13.4. The quantitative estimate of drug-likeness (QED) is 0.748. The van der Waals surface area contributed by atoms with Crippen LogP contribution in [0.3, 0.4) is 0 Å². The number of hydrogen-bond donors (Lipinski definition) is 1. The molecule has 0 saturated heterocycles. The van der Waals surface area contributed by atoms with Crippen LogP contribution in [0.5, 0.6) is 11.5 Å². The number of rotatable bonds is 7. The topological polar surface area (TPSA) is 97.6 Å². The molecule has 0 saturated carbocycles. The van der Waals surface area contributed by atoms with Gasteiger partial charge < -0.3 is 19.5 Å². The van der Waals surface area contributed by atoms with E-state index in [2.05, 4.69) is 5.32 Å². The lowest BCUT2D eigenvalue weighted by molar-refractivity contribution is -0.115. The van der Waals surface area contributed by atoms with E-state index < -0.39 is 12.1 Å². The van der Waals surface area contributed by atoms with E-state index in [1.807, 2.05) is 23.6 Å². The Balaban J connectivity index is 2.33. The van der Waals surface area contributed by atoms with Crippen molar-refractivity contribution < 1.29 is 23.8 Å². The van der Waals surface area contributed by atoms with Crippen LogP contribution in [-0.4, -0.2) is 32.2 Å². The summed E-state index contributed by atoms with van der Waals surface area (Å²) in [6, 6.07) is 8.42. The molecule has 2 rings (SSSR count). The van der Waals surface area contributed by atoms with Gasteiger partial charge in [-0.3, -0.25) is 4.79 Å². The Bertz CT molecular complexity index is 827. The van der Waals surface area contributed by atoms with Gasteiger partial charge in [0.05, 0.1) is 31.9 Å². The number of benzene rings is 1. The van der Waals surface area contributed by atoms with Gasteiger partial charge in [-0.05, 0) is 18.4 Å². The van der Waals surface area contributed by atoms with Gasteiger partial charge in [0.2, 0.25) is 5.91 Å². The van der Waals surface area contributed by atoms with Crippen LogP contribution in [0.15, 0.2) is 29.6 Å². The highest BCUT2D eigenvalue weighted by Gasteiger charge is 2.21. The van der Waals surface area contributed by atoms with Crippen molar-refractivity contribution in [3.8, 4) is 17.6 Å². The zero-order valence-electron chi connectivity index (χ0n) is 14.6. The number of ether oxygens (including phenoxy) is 3. The molecular weight excluding hydrogens is 356 g/mol. The van der Waals surface area contributed by atoms with Crippen molar-refractivity contribution in [2.45, 2.75) is 19.4 Å². The number of nitrogens with one attached hydrogen (secondary N) is 1. The molecular formula is C18H18N2O5S. The summed E-state index contributed by atoms with van der Waals surface area (Å²) in [7, 11) is 2.88. The molecule has 0 aliphatic heterocycles. The largest absolute Gasteiger partial charge is 0.493 e. The van der Waals surface area contributed by atoms with E-state index in [0.29, 0.717) is 11.5 Å². The van der Waals surface area contributed by atoms with Gasteiger partial charge in [-0.15, -0.1) is 11.3 Å². The van der Waals surface area contributed by atoms with Gasteiger partial charge >= 0.3 is 5.97 Å². The molecule has 0 bridgehead atoms. The summed E-state index contributed by atoms with van der Waals surface area (Å²) in [6.45, 7) is 1.45. The first-order valence-electron chi connectivity index (χ1n) is 7.67. The van der Waals surface area contributed by atoms with Crippen molar-refractivity contribution in [3.05, 3.63) is 40.1 Å². The molecule has 1 aromatic heterocycles. The molecule has 136 valence electrons. The van der Waals surface area contributed by atoms with E-state index in [-0.39, 0.29) is 23.6 Å². The number of esters is 1. The fourth-order valence-corrected chi connectivity index (χ4v) is 2.87. The number of carbonyl (C=O) groups excluding carboxylic acids is 2. The molecule has 0 spiro atoms. The van der Waals surface area contributed by atoms with Gasteiger partial charge in [0.25, 0.3) is 0 Å². The average molecular weight is 374 g/mol. The minimum absolute atomic E-state index is 0.0734. The molecule has 1 heterocycles. The van der Waals surface area contributed by atoms with Crippen LogP contribution in [0.25, 0.3) is 0 Å². The third kappa shape index (κ3) is 4.74. The smallest absolute Gasteiger partial charge is 0.341 e. The molecule has 1 aromatic carbocycles. The second-order valence-corrected chi connectivity index (χ2v) is 6.27. The molecule has 0 aliphatic carbocycles. The van der Waals surface area contributed by atoms with Gasteiger partial charge in [0, 0.05) is 17.0 Å². The Morgan fingerprint density at radius 1 is 1.27 bits per heavy atom. The third-order valence-electron chi connectivity index (χ3n) is 3.40. The van der Waals surface area contributed by atoms with Crippen molar-refractivity contribution in [2.24, 2.45) is 0 Å². The highest BCUT2D eigenvalue weighted by Crippen LogP contribution is 2.34. The van der Waals surface area contributed by atoms with Gasteiger partial charge in [-0.25, -0.2) is 4.79 Å². The predicted octanol–water partition coefficient (Wildman–Crippen LogP) is 3.02. The Kier molecular flexibility index (Phi) is 6.58. The van der Waals surface area contributed by atoms with E-state index in [1.54, 1.807) is 0 Å². The minimum Gasteiger partial charge on any atom is -0.493 e. The summed E-state index contributed by atoms with van der Waals surface area (Å²) in [5.74, 6) is -0.377. The molecule has 1 amide bonds. The van der Waals surface area contributed by atoms with E-state index >= 15 is 0 Å². The van der Waals surface area contributed by atoms with Crippen molar-refractivity contribution in [1.82, 2.24) is 0 Å². The van der Waals surface area contributed by atoms with Crippen LogP contribution in [0.2, 0.25) is 0 Å². The van der Waals surface area contributed by atoms with Gasteiger partial charge in [0.15, 0.2) is 17.6 Å². The van der Waals surface area contributed by atoms with Gasteiger partial charge in [0.1, 0.15) is 6.07 Å². The summed E-state index contributed by atoms with van der Waals surface area (Å²) in [5.41, 5.74) is 0.295. The average Bonchev–Trinajstić information content (AvgIpc) is 3.13. The van der Waals surface area contributed by atoms with Gasteiger partial charge in [-0.1, -0.05) is 6.07 Å². The lowest BCUT2D eigenvalue weighted by Gasteiger charge is -2.15. The van der Waals surface area contributed by atoms with E-state index in [0.717, 1.165) is 4.88 Å². The van der Waals surface area contributed by atoms with Crippen LogP contribution in [0.1, 0.15) is 22.2 Å². The normalized spacial score (nSPS) is 11.2. The zero-order chi connectivity index (χ0) is 19.1. The number of amides is 1. The van der Waals surface area contributed by atoms with Crippen molar-refractivity contribution in [2.75, 3.05) is 19.5 Å². The third-order valence-corrected chi connectivity index (χ3v) is 4.27. The number of methoxy groups -OCH3 is 2. The number of hydrogen-bond acceptors (Lipinski definition) is 7. The zero-order valence-corrected chi connectivity index (χ0v) is 15.4. The molecule has 8 heteroatoms. The lowest BCUT2D eigenvalue weighted by Crippen LogP contribution is -2.19. The molecule has 0 aliphatic rings. The number of nitriles is 1. The van der Waals surface area contributed by atoms with Crippen LogP contribution in [0.4, 0.5) is 5.69 Å². The number of carbonyl (C=O) groups is 2. The second-order valence-electron chi connectivity index (χ2n) is 5.23. The Morgan fingerprint density at radius 2 is 1.96 bits per heavy atom. The number of thiophene rings is 1. The highest BCUT2D eigenvalue weighted by atomic mass is 32.1. The maximum absolute atomic E-state index is 12.4. The molecule has 2 aromatic rings. The molecule has 1 N–H and O–H groups in total. The SMILES string of the molecule is COc1cc(NC(=O)Cc2cccs2)c(C(=O)OC(C)C#N)cc1OC. The second kappa shape index (κ2) is 8.87. The van der Waals surface area contributed by atoms with E-state index in [9.17, 15) is 9.59 Å². The maximum Gasteiger partial charge on any atom is 0.341 e. The summed E-state index contributed by atoms with van der Waals surface area (Å²) >= 11 is 1.46. The monoisotopic (exact) mass is 374 g/mol. The molecule has 7 nitrogen and oxygen atoms in total. The summed E-state index contributed by atoms with van der Waals surface area (Å²) in [6.07, 6.45) is -0.750.